The maximum Gasteiger partial charge on any atom is 0.142 e. The Labute approximate surface area is 96.7 Å². The zero-order valence-corrected chi connectivity index (χ0v) is 9.85. The van der Waals surface area contributed by atoms with Crippen LogP contribution in [0.25, 0.3) is 0 Å². The van der Waals surface area contributed by atoms with Crippen LogP contribution in [-0.4, -0.2) is 18.1 Å². The first-order chi connectivity index (χ1) is 7.69. The van der Waals surface area contributed by atoms with Gasteiger partial charge in [0, 0.05) is 13.1 Å². The molecule has 0 amide bonds. The van der Waals surface area contributed by atoms with Crippen LogP contribution in [0.3, 0.4) is 0 Å². The summed E-state index contributed by atoms with van der Waals surface area (Å²) in [6.07, 6.45) is 1.29. The molecule has 0 N–H and O–H groups in total. The van der Waals surface area contributed by atoms with E-state index in [4.69, 9.17) is 5.26 Å². The van der Waals surface area contributed by atoms with Crippen LogP contribution in [0.1, 0.15) is 26.0 Å². The third-order valence-electron chi connectivity index (χ3n) is 3.04. The monoisotopic (exact) mass is 215 g/mol. The van der Waals surface area contributed by atoms with Crippen LogP contribution in [0.5, 0.6) is 0 Å². The van der Waals surface area contributed by atoms with Crippen molar-refractivity contribution < 1.29 is 0 Å². The van der Waals surface area contributed by atoms with Crippen LogP contribution >= 0.6 is 0 Å². The van der Waals surface area contributed by atoms with Crippen LogP contribution in [0.2, 0.25) is 0 Å². The smallest absolute Gasteiger partial charge is 0.142 e. The maximum atomic E-state index is 8.83. The highest BCUT2D eigenvalue weighted by molar-refractivity contribution is 5.42. The molecular formula is C13H17N3. The summed E-state index contributed by atoms with van der Waals surface area (Å²) in [5.74, 6) is 2.35. The second kappa shape index (κ2) is 4.52. The van der Waals surface area contributed by atoms with Gasteiger partial charge in [-0.1, -0.05) is 19.9 Å². The van der Waals surface area contributed by atoms with Crippen molar-refractivity contribution in [2.75, 3.05) is 18.0 Å². The second-order valence-electron chi connectivity index (χ2n) is 4.84. The van der Waals surface area contributed by atoms with Gasteiger partial charge in [-0.15, -0.1) is 0 Å². The summed E-state index contributed by atoms with van der Waals surface area (Å²) in [4.78, 5) is 6.64. The van der Waals surface area contributed by atoms with Gasteiger partial charge in [-0.25, -0.2) is 4.98 Å². The molecule has 0 radical (unpaired) electrons. The van der Waals surface area contributed by atoms with Crippen molar-refractivity contribution in [1.29, 1.82) is 5.26 Å². The average Bonchev–Trinajstić information content (AvgIpc) is 2.28. The van der Waals surface area contributed by atoms with E-state index in [1.54, 1.807) is 6.07 Å². The summed E-state index contributed by atoms with van der Waals surface area (Å²) < 4.78 is 0. The number of pyridine rings is 1. The molecule has 2 unspecified atom stereocenters. The molecule has 0 saturated carbocycles. The van der Waals surface area contributed by atoms with Gasteiger partial charge >= 0.3 is 0 Å². The molecule has 1 aromatic heterocycles. The molecule has 3 nitrogen and oxygen atoms in total. The average molecular weight is 215 g/mol. The van der Waals surface area contributed by atoms with Crippen molar-refractivity contribution in [2.24, 2.45) is 11.8 Å². The molecule has 1 aliphatic heterocycles. The Kier molecular flexibility index (Phi) is 3.09. The fourth-order valence-corrected chi connectivity index (χ4v) is 2.51. The lowest BCUT2D eigenvalue weighted by atomic mass is 9.92. The predicted molar refractivity (Wildman–Crippen MR) is 64.1 cm³/mol. The third kappa shape index (κ3) is 2.33. The Morgan fingerprint density at radius 1 is 1.31 bits per heavy atom. The van der Waals surface area contributed by atoms with Crippen LogP contribution in [0, 0.1) is 23.2 Å². The summed E-state index contributed by atoms with van der Waals surface area (Å²) in [5.41, 5.74) is 0.503. The van der Waals surface area contributed by atoms with Crippen LogP contribution in [0.15, 0.2) is 18.2 Å². The molecule has 0 aliphatic carbocycles. The van der Waals surface area contributed by atoms with Crippen LogP contribution in [0.4, 0.5) is 5.82 Å². The van der Waals surface area contributed by atoms with Gasteiger partial charge in [-0.2, -0.15) is 5.26 Å². The Balaban J connectivity index is 2.20. The fraction of sp³-hybridized carbons (Fsp3) is 0.538. The van der Waals surface area contributed by atoms with E-state index in [9.17, 15) is 0 Å². The normalized spacial score (nSPS) is 25.2. The van der Waals surface area contributed by atoms with Gasteiger partial charge in [0.25, 0.3) is 0 Å². The minimum Gasteiger partial charge on any atom is -0.356 e. The quantitative estimate of drug-likeness (QED) is 0.722. The molecule has 0 bridgehead atoms. The van der Waals surface area contributed by atoms with Gasteiger partial charge in [0.05, 0.1) is 0 Å². The number of hydrogen-bond donors (Lipinski definition) is 0. The zero-order chi connectivity index (χ0) is 11.5. The molecule has 2 rings (SSSR count). The summed E-state index contributed by atoms with van der Waals surface area (Å²) in [7, 11) is 0. The standard InChI is InChI=1S/C13H17N3/c1-10-6-11(2)9-16(8-10)13-5-3-4-12(7-14)15-13/h3-5,10-11H,6,8-9H2,1-2H3. The molecule has 0 aromatic carbocycles. The highest BCUT2D eigenvalue weighted by Crippen LogP contribution is 2.24. The Morgan fingerprint density at radius 3 is 2.62 bits per heavy atom. The molecule has 1 saturated heterocycles. The largest absolute Gasteiger partial charge is 0.356 e. The van der Waals surface area contributed by atoms with Gasteiger partial charge in [0.2, 0.25) is 0 Å². The van der Waals surface area contributed by atoms with E-state index >= 15 is 0 Å². The summed E-state index contributed by atoms with van der Waals surface area (Å²) >= 11 is 0. The maximum absolute atomic E-state index is 8.83. The van der Waals surface area contributed by atoms with E-state index in [1.165, 1.54) is 6.42 Å². The van der Waals surface area contributed by atoms with E-state index < -0.39 is 0 Å². The summed E-state index contributed by atoms with van der Waals surface area (Å²) in [6.45, 7) is 6.64. The first kappa shape index (κ1) is 10.9. The van der Waals surface area contributed by atoms with Crippen LogP contribution < -0.4 is 4.90 Å². The number of hydrogen-bond acceptors (Lipinski definition) is 3. The molecule has 84 valence electrons. The van der Waals surface area contributed by atoms with Gasteiger partial charge in [-0.05, 0) is 30.4 Å². The van der Waals surface area contributed by atoms with E-state index in [2.05, 4.69) is 29.8 Å². The van der Waals surface area contributed by atoms with Crippen molar-refractivity contribution >= 4 is 5.82 Å². The first-order valence-corrected chi connectivity index (χ1v) is 5.81. The number of rotatable bonds is 1. The lowest BCUT2D eigenvalue weighted by molar-refractivity contribution is 0.355. The lowest BCUT2D eigenvalue weighted by Crippen LogP contribution is -2.39. The zero-order valence-electron chi connectivity index (χ0n) is 9.85. The number of nitriles is 1. The first-order valence-electron chi connectivity index (χ1n) is 5.81. The van der Waals surface area contributed by atoms with E-state index in [0.29, 0.717) is 17.5 Å². The van der Waals surface area contributed by atoms with E-state index in [0.717, 1.165) is 18.9 Å². The van der Waals surface area contributed by atoms with Crippen LogP contribution in [-0.2, 0) is 0 Å². The minimum atomic E-state index is 0.503. The molecule has 2 atom stereocenters. The number of piperidine rings is 1. The van der Waals surface area contributed by atoms with Crippen molar-refractivity contribution in [3.8, 4) is 6.07 Å². The summed E-state index contributed by atoms with van der Waals surface area (Å²) in [5, 5.41) is 8.83. The SMILES string of the molecule is CC1CC(C)CN(c2cccc(C#N)n2)C1. The van der Waals surface area contributed by atoms with Crippen molar-refractivity contribution in [1.82, 2.24) is 4.98 Å². The van der Waals surface area contributed by atoms with Gasteiger partial charge in [0.15, 0.2) is 0 Å². The minimum absolute atomic E-state index is 0.503. The molecule has 1 aromatic rings. The molecular weight excluding hydrogens is 198 g/mol. The number of anilines is 1. The van der Waals surface area contributed by atoms with E-state index in [1.807, 2.05) is 12.1 Å². The van der Waals surface area contributed by atoms with Gasteiger partial charge < -0.3 is 4.90 Å². The predicted octanol–water partition coefficient (Wildman–Crippen LogP) is 2.44. The summed E-state index contributed by atoms with van der Waals surface area (Å²) in [6, 6.07) is 7.74. The third-order valence-corrected chi connectivity index (χ3v) is 3.04. The lowest BCUT2D eigenvalue weighted by Gasteiger charge is -2.35. The molecule has 1 fully saturated rings. The topological polar surface area (TPSA) is 39.9 Å². The molecule has 2 heterocycles. The highest BCUT2D eigenvalue weighted by Gasteiger charge is 2.22. The molecule has 0 spiro atoms. The van der Waals surface area contributed by atoms with Gasteiger partial charge in [0.1, 0.15) is 17.6 Å². The second-order valence-corrected chi connectivity index (χ2v) is 4.84. The molecule has 3 heteroatoms. The number of aromatic nitrogens is 1. The Morgan fingerprint density at radius 2 is 2.00 bits per heavy atom. The van der Waals surface area contributed by atoms with Crippen molar-refractivity contribution in [2.45, 2.75) is 20.3 Å². The fourth-order valence-electron chi connectivity index (χ4n) is 2.51. The Hall–Kier alpha value is -1.56. The van der Waals surface area contributed by atoms with Crippen molar-refractivity contribution in [3.05, 3.63) is 23.9 Å². The molecule has 1 aliphatic rings. The van der Waals surface area contributed by atoms with Gasteiger partial charge in [-0.3, -0.25) is 0 Å². The molecule has 16 heavy (non-hydrogen) atoms. The van der Waals surface area contributed by atoms with E-state index in [-0.39, 0.29) is 0 Å². The number of nitrogens with zero attached hydrogens (tertiary/aromatic N) is 3. The highest BCUT2D eigenvalue weighted by atomic mass is 15.2. The van der Waals surface area contributed by atoms with Crippen molar-refractivity contribution in [3.63, 3.8) is 0 Å². The Bertz CT molecular complexity index is 398.